The SMILES string of the molecule is CCCN(CC1CCCCO1)C(=O)C(C)CN. The summed E-state index contributed by atoms with van der Waals surface area (Å²) in [5, 5.41) is 0. The molecule has 0 bridgehead atoms. The first-order chi connectivity index (χ1) is 8.19. The van der Waals surface area contributed by atoms with E-state index >= 15 is 0 Å². The third-order valence-corrected chi connectivity index (χ3v) is 3.28. The van der Waals surface area contributed by atoms with Crippen molar-refractivity contribution in [2.24, 2.45) is 11.7 Å². The quantitative estimate of drug-likeness (QED) is 0.765. The van der Waals surface area contributed by atoms with Gasteiger partial charge in [0.25, 0.3) is 0 Å². The van der Waals surface area contributed by atoms with Gasteiger partial charge in [0.05, 0.1) is 6.10 Å². The minimum Gasteiger partial charge on any atom is -0.376 e. The molecule has 0 aromatic heterocycles. The first kappa shape index (κ1) is 14.5. The standard InChI is InChI=1S/C13H26N2O2/c1-3-7-15(13(16)11(2)9-14)10-12-6-4-5-8-17-12/h11-12H,3-10,14H2,1-2H3. The molecule has 2 atom stereocenters. The Morgan fingerprint density at radius 1 is 1.53 bits per heavy atom. The van der Waals surface area contributed by atoms with Crippen LogP contribution in [0.3, 0.4) is 0 Å². The molecule has 0 aromatic rings. The molecule has 0 spiro atoms. The van der Waals surface area contributed by atoms with Gasteiger partial charge in [-0.15, -0.1) is 0 Å². The van der Waals surface area contributed by atoms with Crippen LogP contribution in [-0.2, 0) is 9.53 Å². The molecule has 1 aliphatic heterocycles. The lowest BCUT2D eigenvalue weighted by molar-refractivity contribution is -0.137. The predicted octanol–water partition coefficient (Wildman–Crippen LogP) is 1.39. The maximum Gasteiger partial charge on any atom is 0.226 e. The minimum absolute atomic E-state index is 0.0786. The fourth-order valence-electron chi connectivity index (χ4n) is 2.17. The summed E-state index contributed by atoms with van der Waals surface area (Å²) in [4.78, 5) is 14.1. The molecule has 4 nitrogen and oxygen atoms in total. The molecule has 2 N–H and O–H groups in total. The Hall–Kier alpha value is -0.610. The van der Waals surface area contributed by atoms with Gasteiger partial charge in [0.15, 0.2) is 0 Å². The van der Waals surface area contributed by atoms with Crippen LogP contribution >= 0.6 is 0 Å². The molecular weight excluding hydrogens is 216 g/mol. The number of hydrogen-bond acceptors (Lipinski definition) is 3. The third kappa shape index (κ3) is 4.64. The van der Waals surface area contributed by atoms with Crippen molar-refractivity contribution >= 4 is 5.91 Å². The van der Waals surface area contributed by atoms with Gasteiger partial charge in [0, 0.05) is 32.2 Å². The molecule has 1 fully saturated rings. The Labute approximate surface area is 104 Å². The molecule has 2 unspecified atom stereocenters. The van der Waals surface area contributed by atoms with Crippen molar-refractivity contribution in [2.45, 2.75) is 45.6 Å². The largest absolute Gasteiger partial charge is 0.376 e. The predicted molar refractivity (Wildman–Crippen MR) is 68.7 cm³/mol. The Morgan fingerprint density at radius 2 is 2.29 bits per heavy atom. The highest BCUT2D eigenvalue weighted by atomic mass is 16.5. The molecule has 0 saturated carbocycles. The van der Waals surface area contributed by atoms with E-state index in [1.54, 1.807) is 0 Å². The number of amides is 1. The average molecular weight is 242 g/mol. The zero-order valence-corrected chi connectivity index (χ0v) is 11.2. The van der Waals surface area contributed by atoms with E-state index in [1.807, 2.05) is 11.8 Å². The highest BCUT2D eigenvalue weighted by Crippen LogP contribution is 2.15. The highest BCUT2D eigenvalue weighted by Gasteiger charge is 2.23. The summed E-state index contributed by atoms with van der Waals surface area (Å²) in [7, 11) is 0. The monoisotopic (exact) mass is 242 g/mol. The van der Waals surface area contributed by atoms with E-state index in [0.717, 1.165) is 39.0 Å². The van der Waals surface area contributed by atoms with Crippen LogP contribution in [0.4, 0.5) is 0 Å². The van der Waals surface area contributed by atoms with Gasteiger partial charge in [-0.1, -0.05) is 13.8 Å². The van der Waals surface area contributed by atoms with Gasteiger partial charge in [0.1, 0.15) is 0 Å². The smallest absolute Gasteiger partial charge is 0.226 e. The van der Waals surface area contributed by atoms with E-state index < -0.39 is 0 Å². The number of rotatable bonds is 6. The third-order valence-electron chi connectivity index (χ3n) is 3.28. The van der Waals surface area contributed by atoms with Crippen molar-refractivity contribution in [3.63, 3.8) is 0 Å². The van der Waals surface area contributed by atoms with Gasteiger partial charge < -0.3 is 15.4 Å². The van der Waals surface area contributed by atoms with Crippen molar-refractivity contribution in [3.05, 3.63) is 0 Å². The van der Waals surface area contributed by atoms with Crippen molar-refractivity contribution in [1.29, 1.82) is 0 Å². The second-order valence-corrected chi connectivity index (χ2v) is 4.91. The zero-order chi connectivity index (χ0) is 12.7. The lowest BCUT2D eigenvalue weighted by Gasteiger charge is -2.31. The Kier molecular flexibility index (Phi) is 6.52. The molecule has 0 aromatic carbocycles. The molecule has 1 heterocycles. The summed E-state index contributed by atoms with van der Waals surface area (Å²) in [5.74, 6) is 0.0914. The Bertz CT molecular complexity index is 227. The van der Waals surface area contributed by atoms with Gasteiger partial charge in [0.2, 0.25) is 5.91 Å². The number of carbonyl (C=O) groups excluding carboxylic acids is 1. The fourth-order valence-corrected chi connectivity index (χ4v) is 2.17. The van der Waals surface area contributed by atoms with E-state index in [4.69, 9.17) is 10.5 Å². The number of carbonyl (C=O) groups is 1. The molecule has 100 valence electrons. The summed E-state index contributed by atoms with van der Waals surface area (Å²) in [6.07, 6.45) is 4.65. The minimum atomic E-state index is -0.0786. The summed E-state index contributed by atoms with van der Waals surface area (Å²) in [5.41, 5.74) is 5.56. The molecule has 4 heteroatoms. The lowest BCUT2D eigenvalue weighted by Crippen LogP contribution is -2.43. The molecular formula is C13H26N2O2. The van der Waals surface area contributed by atoms with Crippen LogP contribution in [0.2, 0.25) is 0 Å². The van der Waals surface area contributed by atoms with Crippen LogP contribution in [0.25, 0.3) is 0 Å². The van der Waals surface area contributed by atoms with Gasteiger partial charge in [-0.3, -0.25) is 4.79 Å². The van der Waals surface area contributed by atoms with Crippen LogP contribution in [-0.4, -0.2) is 43.2 Å². The molecule has 17 heavy (non-hydrogen) atoms. The first-order valence-corrected chi connectivity index (χ1v) is 6.79. The second-order valence-electron chi connectivity index (χ2n) is 4.91. The number of ether oxygens (including phenoxy) is 1. The zero-order valence-electron chi connectivity index (χ0n) is 11.2. The van der Waals surface area contributed by atoms with E-state index in [-0.39, 0.29) is 17.9 Å². The van der Waals surface area contributed by atoms with Gasteiger partial charge in [-0.25, -0.2) is 0 Å². The topological polar surface area (TPSA) is 55.6 Å². The van der Waals surface area contributed by atoms with Crippen LogP contribution in [0.15, 0.2) is 0 Å². The van der Waals surface area contributed by atoms with Crippen LogP contribution in [0, 0.1) is 5.92 Å². The molecule has 1 saturated heterocycles. The second kappa shape index (κ2) is 7.67. The normalized spacial score (nSPS) is 22.2. The van der Waals surface area contributed by atoms with Gasteiger partial charge >= 0.3 is 0 Å². The summed E-state index contributed by atoms with van der Waals surface area (Å²) >= 11 is 0. The van der Waals surface area contributed by atoms with E-state index in [9.17, 15) is 4.79 Å². The van der Waals surface area contributed by atoms with Crippen LogP contribution in [0.5, 0.6) is 0 Å². The molecule has 1 amide bonds. The molecule has 1 aliphatic rings. The Morgan fingerprint density at radius 3 is 2.82 bits per heavy atom. The van der Waals surface area contributed by atoms with E-state index in [2.05, 4.69) is 6.92 Å². The van der Waals surface area contributed by atoms with Crippen molar-refractivity contribution in [2.75, 3.05) is 26.2 Å². The Balaban J connectivity index is 2.48. The van der Waals surface area contributed by atoms with Gasteiger partial charge in [-0.05, 0) is 25.7 Å². The number of nitrogens with two attached hydrogens (primary N) is 1. The average Bonchev–Trinajstić information content (AvgIpc) is 2.37. The van der Waals surface area contributed by atoms with E-state index in [0.29, 0.717) is 6.54 Å². The molecule has 0 radical (unpaired) electrons. The number of nitrogens with zero attached hydrogens (tertiary/aromatic N) is 1. The highest BCUT2D eigenvalue weighted by molar-refractivity contribution is 5.78. The molecule has 0 aliphatic carbocycles. The summed E-state index contributed by atoms with van der Waals surface area (Å²) in [6, 6.07) is 0. The first-order valence-electron chi connectivity index (χ1n) is 6.79. The van der Waals surface area contributed by atoms with Crippen molar-refractivity contribution in [1.82, 2.24) is 4.90 Å². The lowest BCUT2D eigenvalue weighted by atomic mass is 10.1. The summed E-state index contributed by atoms with van der Waals surface area (Å²) < 4.78 is 5.69. The van der Waals surface area contributed by atoms with Crippen molar-refractivity contribution in [3.8, 4) is 0 Å². The van der Waals surface area contributed by atoms with Crippen molar-refractivity contribution < 1.29 is 9.53 Å². The van der Waals surface area contributed by atoms with Crippen LogP contribution < -0.4 is 5.73 Å². The maximum absolute atomic E-state index is 12.1. The summed E-state index contributed by atoms with van der Waals surface area (Å²) in [6.45, 7) is 6.79. The molecule has 1 rings (SSSR count). The van der Waals surface area contributed by atoms with E-state index in [1.165, 1.54) is 6.42 Å². The fraction of sp³-hybridized carbons (Fsp3) is 0.923. The van der Waals surface area contributed by atoms with Gasteiger partial charge in [-0.2, -0.15) is 0 Å². The maximum atomic E-state index is 12.1. The number of hydrogen-bond donors (Lipinski definition) is 1. The van der Waals surface area contributed by atoms with Crippen LogP contribution in [0.1, 0.15) is 39.5 Å².